The summed E-state index contributed by atoms with van der Waals surface area (Å²) in [4.78, 5) is 20.2. The maximum absolute atomic E-state index is 11.9. The number of rotatable bonds is 4. The van der Waals surface area contributed by atoms with Crippen LogP contribution in [0.3, 0.4) is 0 Å². The number of fused-ring (bicyclic) bond motifs is 1. The quantitative estimate of drug-likeness (QED) is 0.576. The molecule has 1 amide bonds. The molecule has 2 heterocycles. The topological polar surface area (TPSA) is 95.1 Å². The van der Waals surface area contributed by atoms with Gasteiger partial charge in [0, 0.05) is 16.3 Å². The number of anilines is 1. The number of alkyl carbamates (subject to hydrolysis) is 1. The number of hydrogen-bond acceptors (Lipinski definition) is 5. The fourth-order valence-electron chi connectivity index (χ4n) is 2.09. The van der Waals surface area contributed by atoms with Crippen LogP contribution in [0.2, 0.25) is 0 Å². The average molecular weight is 429 g/mol. The monoisotopic (exact) mass is 429 g/mol. The number of carbonyl (C=O) groups excluding carboxylic acids is 1. The van der Waals surface area contributed by atoms with Crippen molar-refractivity contribution in [1.29, 1.82) is 0 Å². The minimum Gasteiger partial charge on any atom is -0.444 e. The van der Waals surface area contributed by atoms with Gasteiger partial charge in [-0.3, -0.25) is 0 Å². The summed E-state index contributed by atoms with van der Waals surface area (Å²) in [5.41, 5.74) is 6.08. The maximum atomic E-state index is 11.9. The minimum atomic E-state index is -0.549. The molecule has 124 valence electrons. The van der Waals surface area contributed by atoms with E-state index in [4.69, 9.17) is 10.5 Å². The summed E-state index contributed by atoms with van der Waals surface area (Å²) in [5, 5.41) is 3.60. The van der Waals surface area contributed by atoms with Gasteiger partial charge in [-0.25, -0.2) is 14.8 Å². The van der Waals surface area contributed by atoms with Gasteiger partial charge in [0.1, 0.15) is 23.4 Å². The molecule has 2 aromatic heterocycles. The molecule has 2 rings (SSSR count). The Bertz CT molecular complexity index is 735. The van der Waals surface area contributed by atoms with E-state index in [1.165, 1.54) is 6.33 Å². The number of aromatic nitrogens is 3. The fourth-order valence-corrected chi connectivity index (χ4v) is 2.94. The van der Waals surface area contributed by atoms with E-state index in [9.17, 15) is 4.79 Å². The van der Waals surface area contributed by atoms with Crippen molar-refractivity contribution in [2.75, 3.05) is 5.73 Å². The van der Waals surface area contributed by atoms with Crippen LogP contribution in [0.25, 0.3) is 11.0 Å². The van der Waals surface area contributed by atoms with E-state index in [0.29, 0.717) is 12.4 Å². The van der Waals surface area contributed by atoms with E-state index in [1.807, 2.05) is 31.5 Å². The molecule has 0 aliphatic rings. The van der Waals surface area contributed by atoms with Crippen molar-refractivity contribution in [2.24, 2.45) is 0 Å². The van der Waals surface area contributed by atoms with Crippen molar-refractivity contribution < 1.29 is 9.53 Å². The second kappa shape index (κ2) is 6.73. The third-order valence-corrected chi connectivity index (χ3v) is 3.83. The third-order valence-electron chi connectivity index (χ3n) is 3.02. The van der Waals surface area contributed by atoms with Crippen molar-refractivity contribution in [2.45, 2.75) is 39.0 Å². The molecule has 23 heavy (non-hydrogen) atoms. The van der Waals surface area contributed by atoms with E-state index in [1.54, 1.807) is 6.08 Å². The van der Waals surface area contributed by atoms with Gasteiger partial charge in [0.05, 0.1) is 11.4 Å². The molecule has 0 radical (unpaired) electrons. The van der Waals surface area contributed by atoms with Crippen LogP contribution in [0.1, 0.15) is 20.8 Å². The van der Waals surface area contributed by atoms with Crippen molar-refractivity contribution in [3.05, 3.63) is 28.7 Å². The Hall–Kier alpha value is -1.84. The van der Waals surface area contributed by atoms with Gasteiger partial charge in [-0.05, 0) is 43.4 Å². The normalized spacial score (nSPS) is 12.9. The molecular formula is C15H20IN5O2. The zero-order valence-corrected chi connectivity index (χ0v) is 15.5. The summed E-state index contributed by atoms with van der Waals surface area (Å²) in [6.07, 6.45) is 4.52. The molecule has 3 N–H and O–H groups in total. The standard InChI is InChI=1S/C15H20IN5O2/c1-5-9(20-14(22)23-15(2,3)4)6-21-7-10(16)11-12(17)18-8-19-13(11)21/h5,7-9H,1,6H2,2-4H3,(H,20,22)(H2,17,18,19). The molecule has 0 aliphatic carbocycles. The molecular weight excluding hydrogens is 409 g/mol. The van der Waals surface area contributed by atoms with Gasteiger partial charge in [-0.2, -0.15) is 0 Å². The van der Waals surface area contributed by atoms with Crippen molar-refractivity contribution in [1.82, 2.24) is 19.9 Å². The first-order valence-corrected chi connectivity index (χ1v) is 8.16. The molecule has 0 saturated heterocycles. The molecule has 0 aliphatic heterocycles. The van der Waals surface area contributed by atoms with Gasteiger partial charge < -0.3 is 20.4 Å². The fraction of sp³-hybridized carbons (Fsp3) is 0.400. The van der Waals surface area contributed by atoms with E-state index >= 15 is 0 Å². The summed E-state index contributed by atoms with van der Waals surface area (Å²) < 4.78 is 8.14. The first-order valence-electron chi connectivity index (χ1n) is 7.08. The molecule has 8 heteroatoms. The largest absolute Gasteiger partial charge is 0.444 e. The lowest BCUT2D eigenvalue weighted by Crippen LogP contribution is -2.40. The lowest BCUT2D eigenvalue weighted by molar-refractivity contribution is 0.0511. The summed E-state index contributed by atoms with van der Waals surface area (Å²) in [6, 6.07) is -0.299. The Morgan fingerprint density at radius 1 is 1.57 bits per heavy atom. The van der Waals surface area contributed by atoms with Crippen LogP contribution in [0, 0.1) is 3.57 Å². The summed E-state index contributed by atoms with van der Waals surface area (Å²) in [5.74, 6) is 0.438. The van der Waals surface area contributed by atoms with Gasteiger partial charge in [0.15, 0.2) is 0 Å². The number of amides is 1. The lowest BCUT2D eigenvalue weighted by Gasteiger charge is -2.22. The Balaban J connectivity index is 2.18. The van der Waals surface area contributed by atoms with Crippen molar-refractivity contribution in [3.8, 4) is 0 Å². The highest BCUT2D eigenvalue weighted by Gasteiger charge is 2.19. The second-order valence-corrected chi connectivity index (χ2v) is 7.24. The maximum Gasteiger partial charge on any atom is 0.408 e. The van der Waals surface area contributed by atoms with Gasteiger partial charge in [0.2, 0.25) is 0 Å². The molecule has 0 bridgehead atoms. The number of ether oxygens (including phenoxy) is 1. The van der Waals surface area contributed by atoms with E-state index in [0.717, 1.165) is 14.6 Å². The number of nitrogens with two attached hydrogens (primary N) is 1. The first kappa shape index (κ1) is 17.5. The van der Waals surface area contributed by atoms with Crippen LogP contribution in [0.4, 0.5) is 10.6 Å². The van der Waals surface area contributed by atoms with Crippen molar-refractivity contribution >= 4 is 45.5 Å². The minimum absolute atomic E-state index is 0.299. The number of hydrogen-bond donors (Lipinski definition) is 2. The number of nitrogen functional groups attached to an aromatic ring is 1. The van der Waals surface area contributed by atoms with Gasteiger partial charge in [-0.15, -0.1) is 6.58 Å². The summed E-state index contributed by atoms with van der Waals surface area (Å²) >= 11 is 2.19. The number of carbonyl (C=O) groups is 1. The van der Waals surface area contributed by atoms with Crippen LogP contribution in [0.15, 0.2) is 25.2 Å². The highest BCUT2D eigenvalue weighted by molar-refractivity contribution is 14.1. The van der Waals surface area contributed by atoms with Crippen LogP contribution in [-0.4, -0.2) is 32.3 Å². The SMILES string of the molecule is C=CC(Cn1cc(I)c2c(N)ncnc21)NC(=O)OC(C)(C)C. The van der Waals surface area contributed by atoms with Gasteiger partial charge in [-0.1, -0.05) is 6.08 Å². The number of nitrogens with zero attached hydrogens (tertiary/aromatic N) is 3. The number of nitrogens with one attached hydrogen (secondary N) is 1. The molecule has 1 unspecified atom stereocenters. The van der Waals surface area contributed by atoms with E-state index < -0.39 is 11.7 Å². The van der Waals surface area contributed by atoms with Gasteiger partial charge >= 0.3 is 6.09 Å². The molecule has 0 aromatic carbocycles. The summed E-state index contributed by atoms with van der Waals surface area (Å²) in [6.45, 7) is 9.69. The molecule has 7 nitrogen and oxygen atoms in total. The zero-order chi connectivity index (χ0) is 17.2. The lowest BCUT2D eigenvalue weighted by atomic mass is 10.2. The molecule has 1 atom stereocenters. The van der Waals surface area contributed by atoms with E-state index in [-0.39, 0.29) is 6.04 Å². The Kier molecular flexibility index (Phi) is 5.12. The van der Waals surface area contributed by atoms with Gasteiger partial charge in [0.25, 0.3) is 0 Å². The highest BCUT2D eigenvalue weighted by atomic mass is 127. The molecule has 0 saturated carbocycles. The number of halogens is 1. The smallest absolute Gasteiger partial charge is 0.408 e. The molecule has 0 fully saturated rings. The Morgan fingerprint density at radius 3 is 2.87 bits per heavy atom. The predicted molar refractivity (Wildman–Crippen MR) is 98.0 cm³/mol. The van der Waals surface area contributed by atoms with Crippen LogP contribution >= 0.6 is 22.6 Å². The third kappa shape index (κ3) is 4.34. The molecule has 0 spiro atoms. The van der Waals surface area contributed by atoms with Crippen LogP contribution < -0.4 is 11.1 Å². The molecule has 2 aromatic rings. The first-order chi connectivity index (χ1) is 10.7. The van der Waals surface area contributed by atoms with Crippen LogP contribution in [0.5, 0.6) is 0 Å². The Labute approximate surface area is 148 Å². The highest BCUT2D eigenvalue weighted by Crippen LogP contribution is 2.25. The van der Waals surface area contributed by atoms with Crippen LogP contribution in [-0.2, 0) is 11.3 Å². The van der Waals surface area contributed by atoms with Crippen molar-refractivity contribution in [3.63, 3.8) is 0 Å². The average Bonchev–Trinajstić information content (AvgIpc) is 2.73. The predicted octanol–water partition coefficient (Wildman–Crippen LogP) is 2.70. The second-order valence-electron chi connectivity index (χ2n) is 6.08. The zero-order valence-electron chi connectivity index (χ0n) is 13.3. The summed E-state index contributed by atoms with van der Waals surface area (Å²) in [7, 11) is 0. The Morgan fingerprint density at radius 2 is 2.26 bits per heavy atom. The van der Waals surface area contributed by atoms with E-state index in [2.05, 4.69) is 44.5 Å².